The van der Waals surface area contributed by atoms with Crippen LogP contribution < -0.4 is 9.47 Å². The first-order valence-electron chi connectivity index (χ1n) is 6.98. The third kappa shape index (κ3) is 5.96. The van der Waals surface area contributed by atoms with Crippen molar-refractivity contribution in [2.75, 3.05) is 20.8 Å². The highest BCUT2D eigenvalue weighted by Crippen LogP contribution is 2.27. The Labute approximate surface area is 125 Å². The molecule has 0 aliphatic carbocycles. The van der Waals surface area contributed by atoms with Crippen molar-refractivity contribution in [3.8, 4) is 11.8 Å². The Balaban J connectivity index is 2.59. The van der Waals surface area contributed by atoms with Crippen LogP contribution in [0.5, 0.6) is 11.8 Å². The molecule has 0 spiro atoms. The molecule has 0 aliphatic heterocycles. The molecular weight excluding hydrogens is 276 g/mol. The van der Waals surface area contributed by atoms with E-state index >= 15 is 0 Å². The van der Waals surface area contributed by atoms with Crippen molar-refractivity contribution in [1.29, 1.82) is 0 Å². The van der Waals surface area contributed by atoms with Crippen molar-refractivity contribution < 1.29 is 14.6 Å². The highest BCUT2D eigenvalue weighted by atomic mass is 32.2. The molecule has 1 rings (SSSR count). The molecule has 1 atom stereocenters. The Morgan fingerprint density at radius 1 is 1.15 bits per heavy atom. The lowest BCUT2D eigenvalue weighted by molar-refractivity contribution is 0.288. The molecule has 0 saturated carbocycles. The van der Waals surface area contributed by atoms with E-state index in [2.05, 4.69) is 16.9 Å². The molecule has 1 aromatic rings. The molecule has 1 unspecified atom stereocenters. The van der Waals surface area contributed by atoms with E-state index in [4.69, 9.17) is 9.47 Å². The lowest BCUT2D eigenvalue weighted by Gasteiger charge is -2.13. The van der Waals surface area contributed by atoms with Crippen LogP contribution in [0.2, 0.25) is 0 Å². The van der Waals surface area contributed by atoms with Gasteiger partial charge < -0.3 is 14.6 Å². The number of thioether (sulfide) groups is 1. The number of methoxy groups -OCH3 is 2. The van der Waals surface area contributed by atoms with Gasteiger partial charge in [0.05, 0.1) is 26.9 Å². The van der Waals surface area contributed by atoms with Crippen LogP contribution in [-0.2, 0) is 0 Å². The van der Waals surface area contributed by atoms with Crippen molar-refractivity contribution in [3.05, 3.63) is 6.07 Å². The van der Waals surface area contributed by atoms with Crippen LogP contribution >= 0.6 is 11.8 Å². The zero-order valence-electron chi connectivity index (χ0n) is 12.5. The average molecular weight is 300 g/mol. The van der Waals surface area contributed by atoms with Crippen molar-refractivity contribution in [2.45, 2.75) is 49.4 Å². The van der Waals surface area contributed by atoms with Gasteiger partial charge in [-0.3, -0.25) is 0 Å². The Bertz CT molecular complexity index is 368. The lowest BCUT2D eigenvalue weighted by Crippen LogP contribution is -2.09. The van der Waals surface area contributed by atoms with E-state index in [0.717, 1.165) is 12.8 Å². The Morgan fingerprint density at radius 3 is 2.30 bits per heavy atom. The quantitative estimate of drug-likeness (QED) is 0.407. The van der Waals surface area contributed by atoms with Gasteiger partial charge in [0, 0.05) is 5.25 Å². The average Bonchev–Trinajstić information content (AvgIpc) is 2.49. The maximum absolute atomic E-state index is 9.46. The zero-order chi connectivity index (χ0) is 14.8. The van der Waals surface area contributed by atoms with Crippen LogP contribution in [0.4, 0.5) is 0 Å². The first kappa shape index (κ1) is 17.0. The highest BCUT2D eigenvalue weighted by Gasteiger charge is 2.13. The van der Waals surface area contributed by atoms with E-state index in [9.17, 15) is 5.11 Å². The second-order valence-electron chi connectivity index (χ2n) is 4.51. The lowest BCUT2D eigenvalue weighted by atomic mass is 10.1. The Morgan fingerprint density at radius 2 is 1.80 bits per heavy atom. The van der Waals surface area contributed by atoms with Crippen molar-refractivity contribution in [3.63, 3.8) is 0 Å². The first-order chi connectivity index (χ1) is 9.73. The minimum absolute atomic E-state index is 0.115. The predicted molar refractivity (Wildman–Crippen MR) is 80.6 cm³/mol. The van der Waals surface area contributed by atoms with Crippen LogP contribution in [-0.4, -0.2) is 41.2 Å². The standard InChI is InChI=1S/C14H24N2O3S/c1-4-5-6-7-8-11(10-17)20-14-15-12(18-2)9-13(16-14)19-3/h9,11,17H,4-8,10H2,1-3H3. The maximum Gasteiger partial charge on any atom is 0.220 e. The molecule has 6 heteroatoms. The molecule has 0 radical (unpaired) electrons. The van der Waals surface area contributed by atoms with Gasteiger partial charge in [0.2, 0.25) is 11.8 Å². The topological polar surface area (TPSA) is 64.5 Å². The number of aliphatic hydroxyl groups is 1. The highest BCUT2D eigenvalue weighted by molar-refractivity contribution is 7.99. The molecule has 20 heavy (non-hydrogen) atoms. The van der Waals surface area contributed by atoms with E-state index in [-0.39, 0.29) is 11.9 Å². The molecule has 0 amide bonds. The van der Waals surface area contributed by atoms with Gasteiger partial charge in [-0.15, -0.1) is 0 Å². The molecular formula is C14H24N2O3S. The maximum atomic E-state index is 9.46. The van der Waals surface area contributed by atoms with Crippen molar-refractivity contribution >= 4 is 11.8 Å². The number of aliphatic hydroxyl groups excluding tert-OH is 1. The molecule has 1 N–H and O–H groups in total. The number of hydrogen-bond donors (Lipinski definition) is 1. The number of ether oxygens (including phenoxy) is 2. The minimum atomic E-state index is 0.115. The predicted octanol–water partition coefficient (Wildman–Crippen LogP) is 2.92. The van der Waals surface area contributed by atoms with Gasteiger partial charge in [0.25, 0.3) is 0 Å². The summed E-state index contributed by atoms with van der Waals surface area (Å²) in [5, 5.41) is 10.2. The van der Waals surface area contributed by atoms with Crippen LogP contribution in [0, 0.1) is 0 Å². The fraction of sp³-hybridized carbons (Fsp3) is 0.714. The summed E-state index contributed by atoms with van der Waals surface area (Å²) >= 11 is 1.47. The normalized spacial score (nSPS) is 12.2. The summed E-state index contributed by atoms with van der Waals surface area (Å²) < 4.78 is 10.2. The minimum Gasteiger partial charge on any atom is -0.481 e. The van der Waals surface area contributed by atoms with Gasteiger partial charge >= 0.3 is 0 Å². The molecule has 5 nitrogen and oxygen atoms in total. The van der Waals surface area contributed by atoms with Crippen LogP contribution in [0.25, 0.3) is 0 Å². The number of unbranched alkanes of at least 4 members (excludes halogenated alkanes) is 3. The monoisotopic (exact) mass is 300 g/mol. The van der Waals surface area contributed by atoms with Gasteiger partial charge in [-0.25, -0.2) is 0 Å². The van der Waals surface area contributed by atoms with Gasteiger partial charge in [-0.1, -0.05) is 44.4 Å². The van der Waals surface area contributed by atoms with E-state index in [1.807, 2.05) is 0 Å². The van der Waals surface area contributed by atoms with E-state index in [1.165, 1.54) is 31.0 Å². The molecule has 0 saturated heterocycles. The second kappa shape index (κ2) is 9.83. The zero-order valence-corrected chi connectivity index (χ0v) is 13.3. The molecule has 0 aromatic carbocycles. The SMILES string of the molecule is CCCCCCC(CO)Sc1nc(OC)cc(OC)n1. The largest absolute Gasteiger partial charge is 0.481 e. The molecule has 0 fully saturated rings. The third-order valence-electron chi connectivity index (χ3n) is 2.93. The van der Waals surface area contributed by atoms with Crippen molar-refractivity contribution in [2.24, 2.45) is 0 Å². The fourth-order valence-corrected chi connectivity index (χ4v) is 2.72. The smallest absolute Gasteiger partial charge is 0.220 e. The summed E-state index contributed by atoms with van der Waals surface area (Å²) in [5.41, 5.74) is 0. The summed E-state index contributed by atoms with van der Waals surface area (Å²) in [7, 11) is 3.12. The fourth-order valence-electron chi connectivity index (χ4n) is 1.78. The Hall–Kier alpha value is -1.01. The molecule has 1 aromatic heterocycles. The molecule has 0 aliphatic rings. The van der Waals surface area contributed by atoms with Gasteiger partial charge in [-0.2, -0.15) is 9.97 Å². The summed E-state index contributed by atoms with van der Waals surface area (Å²) in [6.45, 7) is 2.31. The Kier molecular flexibility index (Phi) is 8.37. The second-order valence-corrected chi connectivity index (χ2v) is 5.77. The number of aromatic nitrogens is 2. The molecule has 0 bridgehead atoms. The van der Waals surface area contributed by atoms with Crippen LogP contribution in [0.15, 0.2) is 11.2 Å². The summed E-state index contributed by atoms with van der Waals surface area (Å²) in [6, 6.07) is 1.64. The number of nitrogens with zero attached hydrogens (tertiary/aromatic N) is 2. The summed E-state index contributed by atoms with van der Waals surface area (Å²) in [5.74, 6) is 0.948. The molecule has 114 valence electrons. The van der Waals surface area contributed by atoms with Gasteiger partial charge in [-0.05, 0) is 6.42 Å². The number of hydrogen-bond acceptors (Lipinski definition) is 6. The van der Waals surface area contributed by atoms with E-state index in [1.54, 1.807) is 20.3 Å². The first-order valence-corrected chi connectivity index (χ1v) is 7.86. The number of rotatable bonds is 10. The van der Waals surface area contributed by atoms with E-state index in [0.29, 0.717) is 16.9 Å². The van der Waals surface area contributed by atoms with Gasteiger partial charge in [0.1, 0.15) is 0 Å². The van der Waals surface area contributed by atoms with Crippen LogP contribution in [0.1, 0.15) is 39.0 Å². The third-order valence-corrected chi connectivity index (χ3v) is 4.04. The van der Waals surface area contributed by atoms with E-state index < -0.39 is 0 Å². The summed E-state index contributed by atoms with van der Waals surface area (Å²) in [4.78, 5) is 8.54. The summed E-state index contributed by atoms with van der Waals surface area (Å²) in [6.07, 6.45) is 5.74. The molecule has 1 heterocycles. The van der Waals surface area contributed by atoms with Crippen LogP contribution in [0.3, 0.4) is 0 Å². The van der Waals surface area contributed by atoms with Crippen molar-refractivity contribution in [1.82, 2.24) is 9.97 Å². The van der Waals surface area contributed by atoms with Gasteiger partial charge in [0.15, 0.2) is 5.16 Å².